The molecule has 0 aliphatic rings. The average Bonchev–Trinajstić information content (AvgIpc) is 2.37. The van der Waals surface area contributed by atoms with Gasteiger partial charge in [-0.1, -0.05) is 0 Å². The highest BCUT2D eigenvalue weighted by Gasteiger charge is 2.18. The molecule has 18 heavy (non-hydrogen) atoms. The summed E-state index contributed by atoms with van der Waals surface area (Å²) >= 11 is 0. The number of hydrogen-bond donors (Lipinski definition) is 2. The van der Waals surface area contributed by atoms with E-state index in [-0.39, 0.29) is 11.3 Å². The maximum Gasteiger partial charge on any atom is 0.328 e. The maximum absolute atomic E-state index is 11.9. The van der Waals surface area contributed by atoms with Crippen LogP contribution in [0.1, 0.15) is 17.3 Å². The Morgan fingerprint density at radius 1 is 1.33 bits per heavy atom. The van der Waals surface area contributed by atoms with E-state index in [2.05, 4.69) is 10.1 Å². The van der Waals surface area contributed by atoms with Gasteiger partial charge in [-0.2, -0.15) is 0 Å². The van der Waals surface area contributed by atoms with Crippen molar-refractivity contribution in [3.8, 4) is 5.75 Å². The maximum atomic E-state index is 11.9. The number of carbonyl (C=O) groups excluding carboxylic acids is 2. The second kappa shape index (κ2) is 5.90. The molecule has 0 saturated heterocycles. The molecule has 0 fully saturated rings. The number of nitrogens with two attached hydrogens (primary N) is 1. The molecule has 1 rings (SSSR count). The van der Waals surface area contributed by atoms with Crippen LogP contribution in [0, 0.1) is 0 Å². The van der Waals surface area contributed by atoms with Crippen LogP contribution < -0.4 is 15.8 Å². The number of amides is 1. The molecule has 6 heteroatoms. The van der Waals surface area contributed by atoms with E-state index in [9.17, 15) is 9.59 Å². The molecule has 1 aromatic rings. The van der Waals surface area contributed by atoms with E-state index in [0.717, 1.165) is 0 Å². The van der Waals surface area contributed by atoms with Gasteiger partial charge in [-0.3, -0.25) is 4.79 Å². The number of nitrogens with one attached hydrogen (secondary N) is 1. The zero-order valence-corrected chi connectivity index (χ0v) is 10.5. The van der Waals surface area contributed by atoms with Crippen LogP contribution in [0.2, 0.25) is 0 Å². The number of hydrogen-bond acceptors (Lipinski definition) is 5. The smallest absolute Gasteiger partial charge is 0.328 e. The summed E-state index contributed by atoms with van der Waals surface area (Å²) in [5.74, 6) is -0.395. The highest BCUT2D eigenvalue weighted by molar-refractivity contribution is 6.01. The topological polar surface area (TPSA) is 90.6 Å². The van der Waals surface area contributed by atoms with Gasteiger partial charge in [0.05, 0.1) is 19.8 Å². The summed E-state index contributed by atoms with van der Waals surface area (Å²) in [5, 5.41) is 2.49. The molecule has 0 unspecified atom stereocenters. The molecule has 0 aromatic heterocycles. The lowest BCUT2D eigenvalue weighted by Crippen LogP contribution is -2.39. The first kappa shape index (κ1) is 13.8. The van der Waals surface area contributed by atoms with E-state index in [0.29, 0.717) is 5.75 Å². The van der Waals surface area contributed by atoms with Crippen LogP contribution in [0.5, 0.6) is 5.75 Å². The van der Waals surface area contributed by atoms with Gasteiger partial charge in [0.15, 0.2) is 0 Å². The van der Waals surface area contributed by atoms with Gasteiger partial charge >= 0.3 is 5.97 Å². The number of nitrogen functional groups attached to an aromatic ring is 1. The monoisotopic (exact) mass is 252 g/mol. The lowest BCUT2D eigenvalue weighted by atomic mass is 10.1. The summed E-state index contributed by atoms with van der Waals surface area (Å²) in [4.78, 5) is 23.0. The summed E-state index contributed by atoms with van der Waals surface area (Å²) in [6.07, 6.45) is 0. The van der Waals surface area contributed by atoms with Crippen molar-refractivity contribution in [1.29, 1.82) is 0 Å². The van der Waals surface area contributed by atoms with Crippen molar-refractivity contribution >= 4 is 17.6 Å². The lowest BCUT2D eigenvalue weighted by molar-refractivity contribution is -0.142. The first-order valence-electron chi connectivity index (χ1n) is 5.31. The van der Waals surface area contributed by atoms with Crippen LogP contribution in [-0.2, 0) is 9.53 Å². The molecule has 6 nitrogen and oxygen atoms in total. The van der Waals surface area contributed by atoms with Crippen LogP contribution in [0.4, 0.5) is 5.69 Å². The molecule has 1 atom stereocenters. The van der Waals surface area contributed by atoms with E-state index in [4.69, 9.17) is 10.5 Å². The van der Waals surface area contributed by atoms with Crippen LogP contribution in [-0.4, -0.2) is 32.1 Å². The van der Waals surface area contributed by atoms with Crippen molar-refractivity contribution in [2.45, 2.75) is 13.0 Å². The summed E-state index contributed by atoms with van der Waals surface area (Å²) in [6, 6.07) is 3.96. The van der Waals surface area contributed by atoms with Crippen LogP contribution in [0.15, 0.2) is 18.2 Å². The first-order chi connectivity index (χ1) is 8.49. The molecule has 1 amide bonds. The third-order valence-electron chi connectivity index (χ3n) is 2.41. The Bertz CT molecular complexity index is 459. The molecular weight excluding hydrogens is 236 g/mol. The van der Waals surface area contributed by atoms with Crippen molar-refractivity contribution in [3.63, 3.8) is 0 Å². The standard InChI is InChI=1S/C12H16N2O4/c1-7(12(16)18-3)14-11(15)9-5-4-8(17-2)6-10(9)13/h4-7H,13H2,1-3H3,(H,14,15)/t7-/m0/s1. The first-order valence-corrected chi connectivity index (χ1v) is 5.31. The van der Waals surface area contributed by atoms with E-state index in [1.807, 2.05) is 0 Å². The van der Waals surface area contributed by atoms with Crippen LogP contribution in [0.25, 0.3) is 0 Å². The second-order valence-electron chi connectivity index (χ2n) is 3.67. The summed E-state index contributed by atoms with van der Waals surface area (Å²) < 4.78 is 9.49. The van der Waals surface area contributed by atoms with Gasteiger partial charge in [0.25, 0.3) is 5.91 Å². The number of rotatable bonds is 4. The Morgan fingerprint density at radius 3 is 2.50 bits per heavy atom. The highest BCUT2D eigenvalue weighted by Crippen LogP contribution is 2.19. The summed E-state index contributed by atoms with van der Waals surface area (Å²) in [5.41, 5.74) is 6.29. The molecule has 0 saturated carbocycles. The zero-order chi connectivity index (χ0) is 13.7. The number of anilines is 1. The second-order valence-corrected chi connectivity index (χ2v) is 3.67. The minimum absolute atomic E-state index is 0.281. The molecule has 0 aliphatic carbocycles. The van der Waals surface area contributed by atoms with E-state index >= 15 is 0 Å². The summed E-state index contributed by atoms with van der Waals surface area (Å²) in [7, 11) is 2.76. The van der Waals surface area contributed by atoms with Crippen molar-refractivity contribution in [1.82, 2.24) is 5.32 Å². The third-order valence-corrected chi connectivity index (χ3v) is 2.41. The van der Waals surface area contributed by atoms with Gasteiger partial charge in [0.1, 0.15) is 11.8 Å². The molecule has 3 N–H and O–H groups in total. The Kier molecular flexibility index (Phi) is 4.53. The largest absolute Gasteiger partial charge is 0.497 e. The minimum atomic E-state index is -0.732. The Balaban J connectivity index is 2.82. The van der Waals surface area contributed by atoms with Gasteiger partial charge in [-0.05, 0) is 19.1 Å². The lowest BCUT2D eigenvalue weighted by Gasteiger charge is -2.13. The van der Waals surface area contributed by atoms with Gasteiger partial charge in [-0.25, -0.2) is 4.79 Å². The van der Waals surface area contributed by atoms with E-state index in [1.165, 1.54) is 33.3 Å². The van der Waals surface area contributed by atoms with Crippen molar-refractivity contribution in [2.75, 3.05) is 20.0 Å². The fraction of sp³-hybridized carbons (Fsp3) is 0.333. The Labute approximate surface area is 105 Å². The van der Waals surface area contributed by atoms with Crippen LogP contribution in [0.3, 0.4) is 0 Å². The average molecular weight is 252 g/mol. The fourth-order valence-electron chi connectivity index (χ4n) is 1.38. The molecule has 0 bridgehead atoms. The highest BCUT2D eigenvalue weighted by atomic mass is 16.5. The van der Waals surface area contributed by atoms with E-state index < -0.39 is 17.9 Å². The Morgan fingerprint density at radius 2 is 2.00 bits per heavy atom. The number of benzene rings is 1. The number of ether oxygens (including phenoxy) is 2. The molecule has 0 heterocycles. The molecule has 0 radical (unpaired) electrons. The molecule has 0 spiro atoms. The molecular formula is C12H16N2O4. The van der Waals surface area contributed by atoms with Gasteiger partial charge in [0.2, 0.25) is 0 Å². The fourth-order valence-corrected chi connectivity index (χ4v) is 1.38. The SMILES string of the molecule is COC(=O)[C@H](C)NC(=O)c1ccc(OC)cc1N. The quantitative estimate of drug-likeness (QED) is 0.604. The van der Waals surface area contributed by atoms with Crippen LogP contribution >= 0.6 is 0 Å². The van der Waals surface area contributed by atoms with Crippen molar-refractivity contribution in [2.24, 2.45) is 0 Å². The van der Waals surface area contributed by atoms with Crippen molar-refractivity contribution < 1.29 is 19.1 Å². The molecule has 98 valence electrons. The van der Waals surface area contributed by atoms with Gasteiger partial charge in [-0.15, -0.1) is 0 Å². The normalized spacial score (nSPS) is 11.5. The van der Waals surface area contributed by atoms with Gasteiger partial charge in [0, 0.05) is 11.8 Å². The molecule has 0 aliphatic heterocycles. The summed E-state index contributed by atoms with van der Waals surface area (Å²) in [6.45, 7) is 1.53. The van der Waals surface area contributed by atoms with E-state index in [1.54, 1.807) is 6.07 Å². The Hall–Kier alpha value is -2.24. The zero-order valence-electron chi connectivity index (χ0n) is 10.5. The third kappa shape index (κ3) is 3.13. The number of carbonyl (C=O) groups is 2. The minimum Gasteiger partial charge on any atom is -0.497 e. The molecule has 1 aromatic carbocycles. The number of esters is 1. The number of methoxy groups -OCH3 is 2. The van der Waals surface area contributed by atoms with Crippen molar-refractivity contribution in [3.05, 3.63) is 23.8 Å². The van der Waals surface area contributed by atoms with Gasteiger partial charge < -0.3 is 20.5 Å². The predicted molar refractivity (Wildman–Crippen MR) is 66.4 cm³/mol. The predicted octanol–water partition coefficient (Wildman–Crippen LogP) is 0.569.